The van der Waals surface area contributed by atoms with Gasteiger partial charge in [-0.05, 0) is 36.8 Å². The molecule has 5 nitrogen and oxygen atoms in total. The number of benzene rings is 2. The normalized spacial score (nSPS) is 11.2. The third kappa shape index (κ3) is 2.65. The summed E-state index contributed by atoms with van der Waals surface area (Å²) in [4.78, 5) is 16.6. The van der Waals surface area contributed by atoms with Crippen LogP contribution in [0.3, 0.4) is 0 Å². The van der Waals surface area contributed by atoms with E-state index in [1.807, 2.05) is 31.2 Å². The summed E-state index contributed by atoms with van der Waals surface area (Å²) < 4.78 is 11.0. The van der Waals surface area contributed by atoms with Crippen molar-refractivity contribution in [3.05, 3.63) is 59.7 Å². The van der Waals surface area contributed by atoms with Gasteiger partial charge in [-0.1, -0.05) is 12.1 Å². The van der Waals surface area contributed by atoms with E-state index in [2.05, 4.69) is 10.3 Å². The fourth-order valence-electron chi connectivity index (χ4n) is 2.83. The summed E-state index contributed by atoms with van der Waals surface area (Å²) in [5.74, 6) is 0.506. The lowest BCUT2D eigenvalue weighted by Crippen LogP contribution is -2.14. The van der Waals surface area contributed by atoms with E-state index < -0.39 is 0 Å². The highest BCUT2D eigenvalue weighted by Crippen LogP contribution is 2.24. The van der Waals surface area contributed by atoms with E-state index in [0.717, 1.165) is 27.6 Å². The molecule has 120 valence electrons. The van der Waals surface area contributed by atoms with Gasteiger partial charge in [0.2, 0.25) is 5.91 Å². The molecule has 4 aromatic rings. The van der Waals surface area contributed by atoms with E-state index in [1.165, 1.54) is 0 Å². The van der Waals surface area contributed by atoms with Crippen LogP contribution >= 0.6 is 0 Å². The Morgan fingerprint density at radius 3 is 2.88 bits per heavy atom. The molecule has 0 unspecified atom stereocenters. The van der Waals surface area contributed by atoms with Crippen LogP contribution < -0.4 is 5.32 Å². The zero-order chi connectivity index (χ0) is 16.7. The topological polar surface area (TPSA) is 68.3 Å². The number of carbonyl (C=O) groups is 1. The number of furan rings is 1. The zero-order valence-electron chi connectivity index (χ0n) is 13.4. The molecule has 0 radical (unpaired) electrons. The molecule has 0 aliphatic carbocycles. The predicted octanol–water partition coefficient (Wildman–Crippen LogP) is 4.37. The van der Waals surface area contributed by atoms with Crippen molar-refractivity contribution in [1.82, 2.24) is 4.98 Å². The Labute approximate surface area is 138 Å². The molecule has 2 heterocycles. The largest absolute Gasteiger partial charge is 0.464 e. The first kappa shape index (κ1) is 14.5. The third-order valence-corrected chi connectivity index (χ3v) is 3.94. The maximum atomic E-state index is 12.3. The van der Waals surface area contributed by atoms with E-state index >= 15 is 0 Å². The van der Waals surface area contributed by atoms with Gasteiger partial charge in [-0.25, -0.2) is 4.98 Å². The van der Waals surface area contributed by atoms with Crippen LogP contribution in [0.2, 0.25) is 0 Å². The number of hydrogen-bond acceptors (Lipinski definition) is 4. The predicted molar refractivity (Wildman–Crippen MR) is 92.0 cm³/mol. The molecular formula is C19H16N2O3. The Balaban J connectivity index is 1.54. The molecule has 0 saturated carbocycles. The second-order valence-electron chi connectivity index (χ2n) is 5.90. The minimum atomic E-state index is -0.0992. The van der Waals surface area contributed by atoms with Crippen molar-refractivity contribution in [1.29, 1.82) is 0 Å². The van der Waals surface area contributed by atoms with Crippen molar-refractivity contribution in [3.63, 3.8) is 0 Å². The molecule has 0 aliphatic heterocycles. The average Bonchev–Trinajstić information content (AvgIpc) is 3.09. The van der Waals surface area contributed by atoms with Gasteiger partial charge in [0.1, 0.15) is 11.1 Å². The lowest BCUT2D eigenvalue weighted by atomic mass is 10.1. The summed E-state index contributed by atoms with van der Waals surface area (Å²) >= 11 is 0. The average molecular weight is 320 g/mol. The van der Waals surface area contributed by atoms with Crippen molar-refractivity contribution in [2.24, 2.45) is 0 Å². The Kier molecular flexibility index (Phi) is 3.34. The van der Waals surface area contributed by atoms with Crippen LogP contribution in [0.5, 0.6) is 0 Å². The zero-order valence-corrected chi connectivity index (χ0v) is 13.4. The molecule has 0 fully saturated rings. The molecule has 4 rings (SSSR count). The molecule has 2 aromatic carbocycles. The van der Waals surface area contributed by atoms with Crippen LogP contribution in [0, 0.1) is 13.8 Å². The lowest BCUT2D eigenvalue weighted by Gasteiger charge is -2.04. The summed E-state index contributed by atoms with van der Waals surface area (Å²) in [6, 6.07) is 11.4. The van der Waals surface area contributed by atoms with Crippen LogP contribution in [0.25, 0.3) is 22.1 Å². The van der Waals surface area contributed by atoms with Crippen molar-refractivity contribution in [2.75, 3.05) is 5.32 Å². The van der Waals surface area contributed by atoms with Crippen molar-refractivity contribution in [3.8, 4) is 0 Å². The van der Waals surface area contributed by atoms with Crippen LogP contribution in [0.1, 0.15) is 17.0 Å². The number of aryl methyl sites for hydroxylation is 2. The van der Waals surface area contributed by atoms with Crippen LogP contribution in [-0.2, 0) is 11.2 Å². The number of carbonyl (C=O) groups excluding carboxylic acids is 1. The maximum absolute atomic E-state index is 12.3. The van der Waals surface area contributed by atoms with E-state index in [-0.39, 0.29) is 12.3 Å². The summed E-state index contributed by atoms with van der Waals surface area (Å²) in [6.45, 7) is 3.81. The van der Waals surface area contributed by atoms with E-state index in [4.69, 9.17) is 8.83 Å². The highest BCUT2D eigenvalue weighted by Gasteiger charge is 2.11. The van der Waals surface area contributed by atoms with Crippen molar-refractivity contribution >= 4 is 33.7 Å². The highest BCUT2D eigenvalue weighted by molar-refractivity contribution is 5.96. The van der Waals surface area contributed by atoms with Gasteiger partial charge in [-0.2, -0.15) is 0 Å². The van der Waals surface area contributed by atoms with Crippen LogP contribution in [0.15, 0.2) is 51.5 Å². The van der Waals surface area contributed by atoms with Gasteiger partial charge in [0, 0.05) is 23.6 Å². The molecule has 0 saturated heterocycles. The van der Waals surface area contributed by atoms with Crippen molar-refractivity contribution < 1.29 is 13.6 Å². The number of aromatic nitrogens is 1. The van der Waals surface area contributed by atoms with Gasteiger partial charge in [0.25, 0.3) is 0 Å². The van der Waals surface area contributed by atoms with Gasteiger partial charge in [0.15, 0.2) is 11.5 Å². The second-order valence-corrected chi connectivity index (χ2v) is 5.90. The number of anilines is 1. The van der Waals surface area contributed by atoms with Gasteiger partial charge in [0.05, 0.1) is 12.7 Å². The molecular weight excluding hydrogens is 304 g/mol. The first-order chi connectivity index (χ1) is 11.6. The molecule has 0 spiro atoms. The molecule has 0 aliphatic rings. The highest BCUT2D eigenvalue weighted by atomic mass is 16.3. The first-order valence-corrected chi connectivity index (χ1v) is 7.72. The minimum Gasteiger partial charge on any atom is -0.464 e. The SMILES string of the molecule is Cc1ccc2c(CC(=O)Nc3ccc4oc(C)nc4c3)coc2c1. The summed E-state index contributed by atoms with van der Waals surface area (Å²) in [5, 5.41) is 3.87. The summed E-state index contributed by atoms with van der Waals surface area (Å²) in [5.41, 5.74) is 4.95. The lowest BCUT2D eigenvalue weighted by molar-refractivity contribution is -0.115. The Morgan fingerprint density at radius 2 is 2.00 bits per heavy atom. The Morgan fingerprint density at radius 1 is 1.12 bits per heavy atom. The first-order valence-electron chi connectivity index (χ1n) is 7.72. The quantitative estimate of drug-likeness (QED) is 0.608. The van der Waals surface area contributed by atoms with Gasteiger partial charge < -0.3 is 14.2 Å². The van der Waals surface area contributed by atoms with Gasteiger partial charge in [-0.3, -0.25) is 4.79 Å². The minimum absolute atomic E-state index is 0.0992. The molecule has 0 bridgehead atoms. The summed E-state index contributed by atoms with van der Waals surface area (Å²) in [7, 11) is 0. The Bertz CT molecular complexity index is 1060. The van der Waals surface area contributed by atoms with E-state index in [1.54, 1.807) is 25.3 Å². The van der Waals surface area contributed by atoms with Crippen LogP contribution in [-0.4, -0.2) is 10.9 Å². The van der Waals surface area contributed by atoms with Gasteiger partial charge >= 0.3 is 0 Å². The van der Waals surface area contributed by atoms with E-state index in [0.29, 0.717) is 17.2 Å². The number of rotatable bonds is 3. The molecule has 5 heteroatoms. The maximum Gasteiger partial charge on any atom is 0.228 e. The number of nitrogens with zero attached hydrogens (tertiary/aromatic N) is 1. The van der Waals surface area contributed by atoms with Gasteiger partial charge in [-0.15, -0.1) is 0 Å². The number of hydrogen-bond donors (Lipinski definition) is 1. The van der Waals surface area contributed by atoms with Crippen LogP contribution in [0.4, 0.5) is 5.69 Å². The number of nitrogens with one attached hydrogen (secondary N) is 1. The molecule has 1 amide bonds. The summed E-state index contributed by atoms with van der Waals surface area (Å²) in [6.07, 6.45) is 1.90. The second kappa shape index (κ2) is 5.53. The number of fused-ring (bicyclic) bond motifs is 2. The fourth-order valence-corrected chi connectivity index (χ4v) is 2.83. The number of oxazole rings is 1. The Hall–Kier alpha value is -3.08. The molecule has 1 N–H and O–H groups in total. The molecule has 2 aromatic heterocycles. The number of amides is 1. The fraction of sp³-hybridized carbons (Fsp3) is 0.158. The standard InChI is InChI=1S/C19H16N2O3/c1-11-3-5-15-13(10-23-18(15)7-11)8-19(22)21-14-4-6-17-16(9-14)20-12(2)24-17/h3-7,9-10H,8H2,1-2H3,(H,21,22). The third-order valence-electron chi connectivity index (χ3n) is 3.94. The van der Waals surface area contributed by atoms with E-state index in [9.17, 15) is 4.79 Å². The monoisotopic (exact) mass is 320 g/mol. The molecule has 24 heavy (non-hydrogen) atoms. The molecule has 0 atom stereocenters. The smallest absolute Gasteiger partial charge is 0.228 e. The van der Waals surface area contributed by atoms with Crippen molar-refractivity contribution in [2.45, 2.75) is 20.3 Å².